The number of carbonyl (C=O) groups is 1. The van der Waals surface area contributed by atoms with Crippen LogP contribution in [0.15, 0.2) is 108 Å². The lowest BCUT2D eigenvalue weighted by Gasteiger charge is -2.14. The van der Waals surface area contributed by atoms with Gasteiger partial charge in [0.2, 0.25) is 0 Å². The molecule has 6 rings (SSSR count). The zero-order valence-electron chi connectivity index (χ0n) is 29.1. The number of hydrogen-bond acceptors (Lipinski definition) is 8. The van der Waals surface area contributed by atoms with Crippen LogP contribution < -0.4 is 15.4 Å². The van der Waals surface area contributed by atoms with Crippen molar-refractivity contribution in [3.8, 4) is 28.4 Å². The second kappa shape index (κ2) is 15.6. The molecule has 0 aliphatic rings. The van der Waals surface area contributed by atoms with E-state index < -0.39 is 22.0 Å². The Hall–Kier alpha value is -5.90. The molecule has 6 aromatic rings. The lowest BCUT2D eigenvalue weighted by atomic mass is 9.92. The van der Waals surface area contributed by atoms with Crippen molar-refractivity contribution in [3.63, 3.8) is 0 Å². The molecule has 13 nitrogen and oxygen atoms in total. The molecule has 0 radical (unpaired) electrons. The largest absolute Gasteiger partial charge is 0.457 e. The number of anilines is 2. The number of rotatable bonds is 8. The molecule has 2 amide bonds. The average Bonchev–Trinajstić information content (AvgIpc) is 3.73. The SMILES string of the molecule is Cc1ccc(S(=O)(=O)O)cc1.Cn1cc(-c2cc(Oc3ccc(NC(=O)Nc4cc(C(C)(C)C)nn4-c4cccc(CO)c4)c(F)c3)ccn2)cn1. The minimum absolute atomic E-state index is 0.0231. The number of hydrogen-bond donors (Lipinski definition) is 4. The third-order valence-corrected chi connectivity index (χ3v) is 8.40. The van der Waals surface area contributed by atoms with E-state index >= 15 is 0 Å². The monoisotopic (exact) mass is 727 g/mol. The van der Waals surface area contributed by atoms with E-state index in [1.807, 2.05) is 47.0 Å². The number of aromatic nitrogens is 5. The molecule has 0 aliphatic heterocycles. The molecule has 3 aromatic heterocycles. The standard InChI is InChI=1S/C30H30FN7O3.C7H8O3S/c1-30(2,3)27-15-28(38(36-27)21-7-5-6-19(12-21)18-39)35-29(40)34-25-9-8-22(13-24(25)31)41-23-10-11-32-26(14-23)20-16-33-37(4)17-20;1-6-2-4-7(5-3-6)11(8,9)10/h5-17,39H,18H2,1-4H3,(H2,34,35,40);2-5H,1H3,(H,8,9,10). The number of urea groups is 1. The van der Waals surface area contributed by atoms with E-state index in [9.17, 15) is 22.7 Å². The van der Waals surface area contributed by atoms with Crippen LogP contribution in [0.4, 0.5) is 20.7 Å². The molecule has 3 aromatic carbocycles. The summed E-state index contributed by atoms with van der Waals surface area (Å²) in [5.41, 5.74) is 4.25. The summed E-state index contributed by atoms with van der Waals surface area (Å²) in [6.07, 6.45) is 5.13. The van der Waals surface area contributed by atoms with Crippen molar-refractivity contribution in [1.82, 2.24) is 24.5 Å². The smallest absolute Gasteiger partial charge is 0.324 e. The fourth-order valence-corrected chi connectivity index (χ4v) is 5.26. The molecule has 0 saturated heterocycles. The van der Waals surface area contributed by atoms with Gasteiger partial charge in [0.05, 0.1) is 40.5 Å². The van der Waals surface area contributed by atoms with Crippen molar-refractivity contribution < 1.29 is 32.0 Å². The molecule has 4 N–H and O–H groups in total. The van der Waals surface area contributed by atoms with Crippen LogP contribution in [0.3, 0.4) is 0 Å². The Morgan fingerprint density at radius 1 is 0.962 bits per heavy atom. The Kier molecular flexibility index (Phi) is 11.2. The maximum absolute atomic E-state index is 15.0. The number of nitrogens with zero attached hydrogens (tertiary/aromatic N) is 5. The van der Waals surface area contributed by atoms with Crippen LogP contribution in [0.2, 0.25) is 0 Å². The molecule has 52 heavy (non-hydrogen) atoms. The van der Waals surface area contributed by atoms with E-state index in [0.717, 1.165) is 16.8 Å². The minimum Gasteiger partial charge on any atom is -0.457 e. The molecule has 15 heteroatoms. The van der Waals surface area contributed by atoms with Crippen LogP contribution in [0.5, 0.6) is 11.5 Å². The third-order valence-electron chi connectivity index (χ3n) is 7.53. The highest BCUT2D eigenvalue weighted by Crippen LogP contribution is 2.29. The van der Waals surface area contributed by atoms with Crippen molar-refractivity contribution in [2.75, 3.05) is 10.6 Å². The molecule has 0 saturated carbocycles. The van der Waals surface area contributed by atoms with Crippen LogP contribution in [0.25, 0.3) is 16.9 Å². The molecule has 0 bridgehead atoms. The number of aliphatic hydroxyl groups excluding tert-OH is 1. The van der Waals surface area contributed by atoms with E-state index in [2.05, 4.69) is 25.8 Å². The number of ether oxygens (including phenoxy) is 1. The number of benzene rings is 3. The molecule has 270 valence electrons. The van der Waals surface area contributed by atoms with Gasteiger partial charge in [-0.25, -0.2) is 13.9 Å². The summed E-state index contributed by atoms with van der Waals surface area (Å²) in [6, 6.07) is 21.9. The number of nitrogens with one attached hydrogen (secondary N) is 2. The molecule has 0 fully saturated rings. The lowest BCUT2D eigenvalue weighted by Crippen LogP contribution is -2.22. The maximum atomic E-state index is 15.0. The van der Waals surface area contributed by atoms with Gasteiger partial charge in [-0.05, 0) is 55.0 Å². The molecular formula is C37H38FN7O6S. The second-order valence-electron chi connectivity index (χ2n) is 12.8. The zero-order chi connectivity index (χ0) is 37.6. The van der Waals surface area contributed by atoms with E-state index in [1.54, 1.807) is 76.4 Å². The van der Waals surface area contributed by atoms with Crippen LogP contribution in [-0.4, -0.2) is 48.7 Å². The van der Waals surface area contributed by atoms with Gasteiger partial charge in [0.15, 0.2) is 0 Å². The number of amides is 2. The van der Waals surface area contributed by atoms with Gasteiger partial charge in [-0.3, -0.25) is 19.5 Å². The predicted molar refractivity (Wildman–Crippen MR) is 195 cm³/mol. The van der Waals surface area contributed by atoms with Gasteiger partial charge in [-0.1, -0.05) is 50.6 Å². The first kappa shape index (κ1) is 37.4. The third kappa shape index (κ3) is 9.66. The Balaban J connectivity index is 0.000000407. The fraction of sp³-hybridized carbons (Fsp3) is 0.189. The van der Waals surface area contributed by atoms with Crippen LogP contribution >= 0.6 is 0 Å². The number of carbonyl (C=O) groups excluding carboxylic acids is 1. The molecular weight excluding hydrogens is 690 g/mol. The first-order valence-electron chi connectivity index (χ1n) is 15.9. The van der Waals surface area contributed by atoms with Gasteiger partial charge in [0.25, 0.3) is 10.1 Å². The molecule has 0 atom stereocenters. The Morgan fingerprint density at radius 3 is 2.33 bits per heavy atom. The van der Waals surface area contributed by atoms with Gasteiger partial charge in [0, 0.05) is 48.6 Å². The summed E-state index contributed by atoms with van der Waals surface area (Å²) in [4.78, 5) is 17.2. The van der Waals surface area contributed by atoms with Crippen LogP contribution in [0.1, 0.15) is 37.6 Å². The van der Waals surface area contributed by atoms with Gasteiger partial charge in [-0.2, -0.15) is 18.6 Å². The van der Waals surface area contributed by atoms with Crippen LogP contribution in [0, 0.1) is 12.7 Å². The Bertz CT molecular complexity index is 2300. The molecule has 0 spiro atoms. The highest BCUT2D eigenvalue weighted by Gasteiger charge is 2.22. The Labute approximate surface area is 300 Å². The van der Waals surface area contributed by atoms with E-state index in [-0.39, 0.29) is 28.4 Å². The van der Waals surface area contributed by atoms with Gasteiger partial charge in [-0.15, -0.1) is 0 Å². The van der Waals surface area contributed by atoms with Gasteiger partial charge in [0.1, 0.15) is 23.1 Å². The van der Waals surface area contributed by atoms with Crippen molar-refractivity contribution >= 4 is 27.7 Å². The first-order chi connectivity index (χ1) is 24.6. The highest BCUT2D eigenvalue weighted by molar-refractivity contribution is 7.85. The molecule has 0 aliphatic carbocycles. The second-order valence-corrected chi connectivity index (χ2v) is 14.2. The normalized spacial score (nSPS) is 11.4. The summed E-state index contributed by atoms with van der Waals surface area (Å²) in [6.45, 7) is 7.75. The summed E-state index contributed by atoms with van der Waals surface area (Å²) in [7, 11) is -2.20. The summed E-state index contributed by atoms with van der Waals surface area (Å²) in [5, 5.41) is 23.7. The minimum atomic E-state index is -4.02. The van der Waals surface area contributed by atoms with Gasteiger partial charge < -0.3 is 15.2 Å². The maximum Gasteiger partial charge on any atom is 0.324 e. The number of aryl methyl sites for hydroxylation is 2. The van der Waals surface area contributed by atoms with Gasteiger partial charge >= 0.3 is 6.03 Å². The van der Waals surface area contributed by atoms with E-state index in [4.69, 9.17) is 9.29 Å². The number of pyridine rings is 1. The average molecular weight is 728 g/mol. The first-order valence-corrected chi connectivity index (χ1v) is 17.4. The number of aliphatic hydroxyl groups is 1. The molecule has 3 heterocycles. The van der Waals surface area contributed by atoms with Crippen molar-refractivity contribution in [1.29, 1.82) is 0 Å². The van der Waals surface area contributed by atoms with E-state index in [0.29, 0.717) is 28.5 Å². The molecule has 0 unspecified atom stereocenters. The fourth-order valence-electron chi connectivity index (χ4n) is 4.78. The summed E-state index contributed by atoms with van der Waals surface area (Å²) < 4.78 is 53.6. The van der Waals surface area contributed by atoms with Crippen LogP contribution in [-0.2, 0) is 29.2 Å². The Morgan fingerprint density at radius 2 is 1.69 bits per heavy atom. The summed E-state index contributed by atoms with van der Waals surface area (Å²) >= 11 is 0. The highest BCUT2D eigenvalue weighted by atomic mass is 32.2. The van der Waals surface area contributed by atoms with E-state index in [1.165, 1.54) is 24.3 Å². The lowest BCUT2D eigenvalue weighted by molar-refractivity contribution is 0.262. The van der Waals surface area contributed by atoms with Crippen molar-refractivity contribution in [2.45, 2.75) is 44.6 Å². The topological polar surface area (TPSA) is 173 Å². The van der Waals surface area contributed by atoms with Crippen molar-refractivity contribution in [2.24, 2.45) is 7.05 Å². The quantitative estimate of drug-likeness (QED) is 0.118. The predicted octanol–water partition coefficient (Wildman–Crippen LogP) is 7.27. The zero-order valence-corrected chi connectivity index (χ0v) is 29.9. The van der Waals surface area contributed by atoms with Crippen molar-refractivity contribution in [3.05, 3.63) is 126 Å². The number of halogens is 1. The summed E-state index contributed by atoms with van der Waals surface area (Å²) in [5.74, 6) is 0.460.